The number of aromatic carboxylic acids is 1. The Balaban J connectivity index is 2.08. The Morgan fingerprint density at radius 2 is 1.88 bits per heavy atom. The first-order chi connectivity index (χ1) is 11.6. The fourth-order valence-corrected chi connectivity index (χ4v) is 2.37. The number of nitrogens with zero attached hydrogens (tertiary/aromatic N) is 4. The third kappa shape index (κ3) is 4.55. The minimum Gasteiger partial charge on any atom is -0.477 e. The average molecular weight is 352 g/mol. The number of pyridine rings is 1. The second-order valence-corrected chi connectivity index (χ2v) is 6.58. The molecule has 0 spiro atoms. The maximum atomic E-state index is 12.0. The third-order valence-corrected chi connectivity index (χ3v) is 3.55. The number of nitro groups is 1. The van der Waals surface area contributed by atoms with Crippen LogP contribution in [0.15, 0.2) is 12.3 Å². The van der Waals surface area contributed by atoms with E-state index in [0.717, 1.165) is 6.20 Å². The van der Waals surface area contributed by atoms with Crippen LogP contribution in [0.5, 0.6) is 0 Å². The van der Waals surface area contributed by atoms with E-state index in [-0.39, 0.29) is 0 Å². The number of carbonyl (C=O) groups excluding carboxylic acids is 1. The molecule has 0 saturated carbocycles. The Morgan fingerprint density at radius 3 is 2.36 bits per heavy atom. The number of aromatic nitrogens is 1. The van der Waals surface area contributed by atoms with Gasteiger partial charge in [0.2, 0.25) is 0 Å². The summed E-state index contributed by atoms with van der Waals surface area (Å²) in [5, 5.41) is 20.0. The van der Waals surface area contributed by atoms with Crippen molar-refractivity contribution in [1.82, 2.24) is 9.88 Å². The van der Waals surface area contributed by atoms with Crippen molar-refractivity contribution in [3.8, 4) is 0 Å². The molecule has 1 saturated heterocycles. The first kappa shape index (κ1) is 18.4. The zero-order chi connectivity index (χ0) is 18.8. The lowest BCUT2D eigenvalue weighted by atomic mass is 10.2. The van der Waals surface area contributed by atoms with Gasteiger partial charge in [0.05, 0.1) is 4.92 Å². The molecule has 1 aromatic heterocycles. The minimum atomic E-state index is -1.39. The standard InChI is InChI=1S/C15H20N4O6/c1-15(2,3)25-14(22)18-6-4-17(5-7-18)12-8-10(13(20)21)11(9-16-12)19(23)24/h8-9H,4-7H2,1-3H3,(H,20,21). The number of amides is 1. The first-order valence-corrected chi connectivity index (χ1v) is 7.69. The Kier molecular flexibility index (Phi) is 5.10. The number of piperazine rings is 1. The maximum Gasteiger partial charge on any atom is 0.410 e. The molecule has 0 bridgehead atoms. The monoisotopic (exact) mass is 352 g/mol. The van der Waals surface area contributed by atoms with Crippen LogP contribution < -0.4 is 4.90 Å². The highest BCUT2D eigenvalue weighted by atomic mass is 16.6. The number of carboxylic acid groups (broad SMARTS) is 1. The van der Waals surface area contributed by atoms with Crippen LogP contribution in [0, 0.1) is 10.1 Å². The number of anilines is 1. The number of carbonyl (C=O) groups is 2. The quantitative estimate of drug-likeness (QED) is 0.644. The van der Waals surface area contributed by atoms with E-state index < -0.39 is 33.8 Å². The Labute approximate surface area is 144 Å². The molecule has 25 heavy (non-hydrogen) atoms. The van der Waals surface area contributed by atoms with Crippen molar-refractivity contribution in [1.29, 1.82) is 0 Å². The molecule has 2 rings (SSSR count). The predicted octanol–water partition coefficient (Wildman–Crippen LogP) is 1.75. The molecule has 0 atom stereocenters. The van der Waals surface area contributed by atoms with Crippen LogP contribution in [0.1, 0.15) is 31.1 Å². The lowest BCUT2D eigenvalue weighted by molar-refractivity contribution is -0.385. The second kappa shape index (κ2) is 6.91. The van der Waals surface area contributed by atoms with Gasteiger partial charge in [0, 0.05) is 32.2 Å². The van der Waals surface area contributed by atoms with E-state index >= 15 is 0 Å². The smallest absolute Gasteiger partial charge is 0.410 e. The molecular weight excluding hydrogens is 332 g/mol. The van der Waals surface area contributed by atoms with E-state index in [4.69, 9.17) is 9.84 Å². The minimum absolute atomic E-state index is 0.326. The fourth-order valence-electron chi connectivity index (χ4n) is 2.37. The van der Waals surface area contributed by atoms with Crippen molar-refractivity contribution in [2.45, 2.75) is 26.4 Å². The summed E-state index contributed by atoms with van der Waals surface area (Å²) >= 11 is 0. The zero-order valence-electron chi connectivity index (χ0n) is 14.3. The topological polar surface area (TPSA) is 126 Å². The summed E-state index contributed by atoms with van der Waals surface area (Å²) in [6.07, 6.45) is 0.536. The first-order valence-electron chi connectivity index (χ1n) is 7.69. The van der Waals surface area contributed by atoms with Crippen LogP contribution in [0.4, 0.5) is 16.3 Å². The van der Waals surface area contributed by atoms with Crippen LogP contribution in [-0.2, 0) is 4.74 Å². The molecule has 1 aliphatic rings. The van der Waals surface area contributed by atoms with E-state index in [9.17, 15) is 19.7 Å². The number of hydrogen-bond donors (Lipinski definition) is 1. The fraction of sp³-hybridized carbons (Fsp3) is 0.533. The molecule has 1 N–H and O–H groups in total. The van der Waals surface area contributed by atoms with Gasteiger partial charge in [-0.3, -0.25) is 10.1 Å². The Hall–Kier alpha value is -2.91. The highest BCUT2D eigenvalue weighted by molar-refractivity contribution is 5.93. The molecule has 136 valence electrons. The van der Waals surface area contributed by atoms with E-state index in [1.54, 1.807) is 30.6 Å². The second-order valence-electron chi connectivity index (χ2n) is 6.58. The molecule has 1 amide bonds. The lowest BCUT2D eigenvalue weighted by Crippen LogP contribution is -2.50. The SMILES string of the molecule is CC(C)(C)OC(=O)N1CCN(c2cc(C(=O)O)c([N+](=O)[O-])cn2)CC1. The van der Waals surface area contributed by atoms with Crippen molar-refractivity contribution >= 4 is 23.6 Å². The van der Waals surface area contributed by atoms with Gasteiger partial charge in [0.25, 0.3) is 0 Å². The van der Waals surface area contributed by atoms with Gasteiger partial charge in [0.15, 0.2) is 0 Å². The summed E-state index contributed by atoms with van der Waals surface area (Å²) in [4.78, 5) is 40.7. The molecule has 0 aliphatic carbocycles. The van der Waals surface area contributed by atoms with Crippen molar-refractivity contribution in [2.24, 2.45) is 0 Å². The summed E-state index contributed by atoms with van der Waals surface area (Å²) in [6.45, 7) is 6.97. The summed E-state index contributed by atoms with van der Waals surface area (Å²) in [6, 6.07) is 1.18. The van der Waals surface area contributed by atoms with Gasteiger partial charge in [-0.1, -0.05) is 0 Å². The van der Waals surface area contributed by atoms with Gasteiger partial charge in [0.1, 0.15) is 23.2 Å². The highest BCUT2D eigenvalue weighted by Crippen LogP contribution is 2.23. The van der Waals surface area contributed by atoms with Crippen LogP contribution in [0.3, 0.4) is 0 Å². The third-order valence-electron chi connectivity index (χ3n) is 3.55. The van der Waals surface area contributed by atoms with Gasteiger partial charge < -0.3 is 19.6 Å². The molecule has 1 fully saturated rings. The highest BCUT2D eigenvalue weighted by Gasteiger charge is 2.28. The normalized spacial score (nSPS) is 15.0. The molecule has 2 heterocycles. The zero-order valence-corrected chi connectivity index (χ0v) is 14.3. The van der Waals surface area contributed by atoms with Gasteiger partial charge >= 0.3 is 17.7 Å². The molecule has 0 radical (unpaired) electrons. The number of hydrogen-bond acceptors (Lipinski definition) is 7. The van der Waals surface area contributed by atoms with Crippen LogP contribution in [-0.4, -0.2) is 63.8 Å². The molecule has 0 aromatic carbocycles. The maximum absolute atomic E-state index is 12.0. The number of carboxylic acids is 1. The van der Waals surface area contributed by atoms with E-state index in [0.29, 0.717) is 32.0 Å². The van der Waals surface area contributed by atoms with Gasteiger partial charge in [-0.2, -0.15) is 0 Å². The van der Waals surface area contributed by atoms with Crippen LogP contribution in [0.2, 0.25) is 0 Å². The molecule has 10 nitrogen and oxygen atoms in total. The molecule has 0 unspecified atom stereocenters. The van der Waals surface area contributed by atoms with Gasteiger partial charge in [-0.15, -0.1) is 0 Å². The van der Waals surface area contributed by atoms with Crippen molar-refractivity contribution in [3.05, 3.63) is 27.9 Å². The lowest BCUT2D eigenvalue weighted by Gasteiger charge is -2.36. The van der Waals surface area contributed by atoms with E-state index in [1.807, 2.05) is 0 Å². The summed E-state index contributed by atoms with van der Waals surface area (Å²) in [5.74, 6) is -1.06. The Bertz CT molecular complexity index is 692. The summed E-state index contributed by atoms with van der Waals surface area (Å²) < 4.78 is 5.31. The molecule has 10 heteroatoms. The summed E-state index contributed by atoms with van der Waals surface area (Å²) in [5.41, 5.74) is -1.54. The largest absolute Gasteiger partial charge is 0.477 e. The van der Waals surface area contributed by atoms with Gasteiger partial charge in [-0.25, -0.2) is 14.6 Å². The molecular formula is C15H20N4O6. The van der Waals surface area contributed by atoms with Crippen molar-refractivity contribution in [3.63, 3.8) is 0 Å². The Morgan fingerprint density at radius 1 is 1.28 bits per heavy atom. The van der Waals surface area contributed by atoms with Crippen molar-refractivity contribution in [2.75, 3.05) is 31.1 Å². The van der Waals surface area contributed by atoms with Gasteiger partial charge in [-0.05, 0) is 20.8 Å². The average Bonchev–Trinajstić information content (AvgIpc) is 2.52. The molecule has 1 aliphatic heterocycles. The van der Waals surface area contributed by atoms with Crippen LogP contribution >= 0.6 is 0 Å². The van der Waals surface area contributed by atoms with E-state index in [2.05, 4.69) is 4.98 Å². The number of rotatable bonds is 3. The van der Waals surface area contributed by atoms with E-state index in [1.165, 1.54) is 6.07 Å². The summed E-state index contributed by atoms with van der Waals surface area (Å²) in [7, 11) is 0. The van der Waals surface area contributed by atoms with Crippen LogP contribution in [0.25, 0.3) is 0 Å². The number of ether oxygens (including phenoxy) is 1. The molecule has 1 aromatic rings. The predicted molar refractivity (Wildman–Crippen MR) is 87.9 cm³/mol. The van der Waals surface area contributed by atoms with Crippen molar-refractivity contribution < 1.29 is 24.4 Å².